The lowest BCUT2D eigenvalue weighted by Gasteiger charge is -2.33. The molecule has 188 valence electrons. The van der Waals surface area contributed by atoms with E-state index in [0.29, 0.717) is 18.8 Å². The lowest BCUT2D eigenvalue weighted by atomic mass is 9.79. The van der Waals surface area contributed by atoms with Crippen LogP contribution in [-0.4, -0.2) is 47.5 Å². The number of piperidine rings is 1. The molecule has 1 aliphatic heterocycles. The molecule has 2 aromatic heterocycles. The number of benzene rings is 1. The van der Waals surface area contributed by atoms with E-state index in [2.05, 4.69) is 64.8 Å². The summed E-state index contributed by atoms with van der Waals surface area (Å²) in [7, 11) is -2.98. The standard InChI is InChI=1S/C28H36N4O2S.H2/c1-20-7-9-22(10-8-20)21(2)19-27-29-15-11-28(30-27)32-18-14-24-25(5-4-6-26(24)32)31-16-12-23(13-17-31)35(3,33)34;/h4-6,11,14-15,18-20,22-23H,7-10,12-13,16-17H2,1-3H3;1H/b21-19-;. The Balaban J connectivity index is 0.00000304. The van der Waals surface area contributed by atoms with E-state index in [4.69, 9.17) is 4.98 Å². The first-order chi connectivity index (χ1) is 16.8. The molecule has 1 aliphatic carbocycles. The Hall–Kier alpha value is -2.67. The molecule has 0 radical (unpaired) electrons. The molecule has 0 unspecified atom stereocenters. The molecule has 0 atom stereocenters. The van der Waals surface area contributed by atoms with Gasteiger partial charge in [-0.1, -0.05) is 31.4 Å². The highest BCUT2D eigenvalue weighted by molar-refractivity contribution is 7.91. The van der Waals surface area contributed by atoms with Crippen LogP contribution >= 0.6 is 0 Å². The zero-order valence-electron chi connectivity index (χ0n) is 21.0. The average Bonchev–Trinajstić information content (AvgIpc) is 3.28. The van der Waals surface area contributed by atoms with E-state index in [-0.39, 0.29) is 6.68 Å². The van der Waals surface area contributed by atoms with Crippen LogP contribution in [0.2, 0.25) is 0 Å². The molecule has 3 heterocycles. The zero-order chi connectivity index (χ0) is 24.6. The van der Waals surface area contributed by atoms with Crippen LogP contribution in [0.4, 0.5) is 5.69 Å². The van der Waals surface area contributed by atoms with Crippen LogP contribution in [0.3, 0.4) is 0 Å². The predicted octanol–water partition coefficient (Wildman–Crippen LogP) is 5.91. The molecule has 0 spiro atoms. The molecule has 1 saturated heterocycles. The summed E-state index contributed by atoms with van der Waals surface area (Å²) in [6, 6.07) is 10.4. The highest BCUT2D eigenvalue weighted by Gasteiger charge is 2.27. The largest absolute Gasteiger partial charge is 0.371 e. The molecule has 0 bridgehead atoms. The predicted molar refractivity (Wildman–Crippen MR) is 146 cm³/mol. The van der Waals surface area contributed by atoms with E-state index < -0.39 is 9.84 Å². The second-order valence-corrected chi connectivity index (χ2v) is 12.9. The summed E-state index contributed by atoms with van der Waals surface area (Å²) in [5.74, 6) is 3.11. The lowest BCUT2D eigenvalue weighted by molar-refractivity contribution is 0.321. The van der Waals surface area contributed by atoms with Gasteiger partial charge in [-0.05, 0) is 74.8 Å². The van der Waals surface area contributed by atoms with E-state index in [9.17, 15) is 8.42 Å². The monoisotopic (exact) mass is 494 g/mol. The van der Waals surface area contributed by atoms with Crippen LogP contribution in [0.5, 0.6) is 0 Å². The van der Waals surface area contributed by atoms with Gasteiger partial charge in [0.1, 0.15) is 15.7 Å². The van der Waals surface area contributed by atoms with Gasteiger partial charge in [0.25, 0.3) is 0 Å². The fourth-order valence-corrected chi connectivity index (χ4v) is 6.82. The van der Waals surface area contributed by atoms with Crippen molar-refractivity contribution in [3.63, 3.8) is 0 Å². The summed E-state index contributed by atoms with van der Waals surface area (Å²) in [6.45, 7) is 6.08. The van der Waals surface area contributed by atoms with Crippen molar-refractivity contribution in [3.05, 3.63) is 54.1 Å². The van der Waals surface area contributed by atoms with Crippen LogP contribution in [0, 0.1) is 11.8 Å². The van der Waals surface area contributed by atoms with Crippen molar-refractivity contribution in [2.24, 2.45) is 11.8 Å². The van der Waals surface area contributed by atoms with Crippen LogP contribution in [-0.2, 0) is 9.84 Å². The molecular weight excluding hydrogens is 456 g/mol. The Kier molecular flexibility index (Phi) is 6.71. The minimum Gasteiger partial charge on any atom is -0.371 e. The molecule has 35 heavy (non-hydrogen) atoms. The summed E-state index contributed by atoms with van der Waals surface area (Å²) in [5, 5.41) is 0.934. The van der Waals surface area contributed by atoms with Crippen molar-refractivity contribution >= 4 is 32.5 Å². The maximum Gasteiger partial charge on any atom is 0.154 e. The summed E-state index contributed by atoms with van der Waals surface area (Å²) >= 11 is 0. The van der Waals surface area contributed by atoms with E-state index in [1.165, 1.54) is 37.5 Å². The third-order valence-corrected chi connectivity index (χ3v) is 9.70. The number of rotatable bonds is 5. The van der Waals surface area contributed by atoms with Crippen molar-refractivity contribution in [1.29, 1.82) is 0 Å². The van der Waals surface area contributed by atoms with Crippen LogP contribution < -0.4 is 4.90 Å². The van der Waals surface area contributed by atoms with Crippen molar-refractivity contribution in [3.8, 4) is 5.82 Å². The number of hydrogen-bond acceptors (Lipinski definition) is 5. The second-order valence-electron chi connectivity index (χ2n) is 10.5. The van der Waals surface area contributed by atoms with Crippen LogP contribution in [0.1, 0.15) is 59.6 Å². The molecule has 3 aromatic rings. The number of sulfone groups is 1. The first-order valence-corrected chi connectivity index (χ1v) is 14.8. The van der Waals surface area contributed by atoms with Gasteiger partial charge in [0.2, 0.25) is 0 Å². The highest BCUT2D eigenvalue weighted by Crippen LogP contribution is 2.34. The van der Waals surface area contributed by atoms with Crippen LogP contribution in [0.25, 0.3) is 22.8 Å². The smallest absolute Gasteiger partial charge is 0.154 e. The van der Waals surface area contributed by atoms with Gasteiger partial charge in [-0.3, -0.25) is 0 Å². The summed E-state index contributed by atoms with van der Waals surface area (Å²) < 4.78 is 26.0. The van der Waals surface area contributed by atoms with Crippen molar-refractivity contribution in [1.82, 2.24) is 14.5 Å². The summed E-state index contributed by atoms with van der Waals surface area (Å²) in [4.78, 5) is 11.7. The van der Waals surface area contributed by atoms with Gasteiger partial charge in [0.05, 0.1) is 10.8 Å². The molecule has 2 aliphatic rings. The Bertz CT molecular complexity index is 1330. The van der Waals surface area contributed by atoms with Gasteiger partial charge in [-0.2, -0.15) is 0 Å². The molecule has 5 rings (SSSR count). The average molecular weight is 495 g/mol. The Morgan fingerprint density at radius 1 is 1.06 bits per heavy atom. The van der Waals surface area contributed by atoms with E-state index in [1.807, 2.05) is 12.3 Å². The van der Waals surface area contributed by atoms with E-state index in [1.54, 1.807) is 0 Å². The number of fused-ring (bicyclic) bond motifs is 1. The van der Waals surface area contributed by atoms with Crippen molar-refractivity contribution < 1.29 is 9.84 Å². The van der Waals surface area contributed by atoms with Crippen molar-refractivity contribution in [2.75, 3.05) is 24.2 Å². The van der Waals surface area contributed by atoms with Gasteiger partial charge in [-0.15, -0.1) is 0 Å². The number of allylic oxidation sites excluding steroid dienone is 1. The molecule has 0 amide bonds. The normalized spacial score (nSPS) is 22.6. The quantitative estimate of drug-likeness (QED) is 0.441. The van der Waals surface area contributed by atoms with E-state index >= 15 is 0 Å². The fraction of sp³-hybridized carbons (Fsp3) is 0.500. The SMILES string of the molecule is C/C(=C/c1nccc(-n2ccc3c(N4CCC(S(C)(=O)=O)CC4)cccc32)n1)C1CCC(C)CC1.[HH]. The van der Waals surface area contributed by atoms with Gasteiger partial charge >= 0.3 is 0 Å². The molecule has 1 saturated carbocycles. The van der Waals surface area contributed by atoms with Crippen molar-refractivity contribution in [2.45, 2.75) is 57.6 Å². The molecule has 6 nitrogen and oxygen atoms in total. The van der Waals surface area contributed by atoms with E-state index in [0.717, 1.165) is 47.2 Å². The Morgan fingerprint density at radius 3 is 2.51 bits per heavy atom. The molecule has 1 aromatic carbocycles. The molecule has 7 heteroatoms. The van der Waals surface area contributed by atoms with Gasteiger partial charge in [-0.25, -0.2) is 18.4 Å². The molecular formula is C28H38N4O2S. The first-order valence-electron chi connectivity index (χ1n) is 12.8. The second kappa shape index (κ2) is 9.76. The minimum atomic E-state index is -2.98. The third-order valence-electron chi connectivity index (χ3n) is 8.02. The van der Waals surface area contributed by atoms with Gasteiger partial charge in [0, 0.05) is 44.2 Å². The number of nitrogens with zero attached hydrogens (tertiary/aromatic N) is 4. The van der Waals surface area contributed by atoms with Gasteiger partial charge < -0.3 is 9.47 Å². The molecule has 0 N–H and O–H groups in total. The maximum absolute atomic E-state index is 12.0. The van der Waals surface area contributed by atoms with Gasteiger partial charge in [0.15, 0.2) is 5.82 Å². The first kappa shape index (κ1) is 24.0. The third kappa shape index (κ3) is 5.15. The zero-order valence-corrected chi connectivity index (χ0v) is 21.8. The Labute approximate surface area is 210 Å². The maximum atomic E-state index is 12.0. The minimum absolute atomic E-state index is 0. The number of aromatic nitrogens is 3. The lowest BCUT2D eigenvalue weighted by Crippen LogP contribution is -2.39. The number of hydrogen-bond donors (Lipinski definition) is 0. The number of anilines is 1. The molecule has 2 fully saturated rings. The summed E-state index contributed by atoms with van der Waals surface area (Å²) in [5.41, 5.74) is 3.63. The fourth-order valence-electron chi connectivity index (χ4n) is 5.76. The Morgan fingerprint density at radius 2 is 1.80 bits per heavy atom. The topological polar surface area (TPSA) is 68.1 Å². The van der Waals surface area contributed by atoms with Crippen LogP contribution in [0.15, 0.2) is 48.3 Å². The highest BCUT2D eigenvalue weighted by atomic mass is 32.2. The summed E-state index contributed by atoms with van der Waals surface area (Å²) in [6.07, 6.45) is 13.9.